The summed E-state index contributed by atoms with van der Waals surface area (Å²) in [5.41, 5.74) is 1.59. The normalized spacial score (nSPS) is 10.3. The zero-order valence-corrected chi connectivity index (χ0v) is 14.5. The lowest BCUT2D eigenvalue weighted by Crippen LogP contribution is -2.26. The molecule has 2 amide bonds. The van der Waals surface area contributed by atoms with Gasteiger partial charge in [0.25, 0.3) is 11.8 Å². The second-order valence-corrected chi connectivity index (χ2v) is 5.73. The molecule has 0 aliphatic rings. The largest absolute Gasteiger partial charge is 0.352 e. The molecular formula is C20H20N4O2. The van der Waals surface area contributed by atoms with Crippen molar-refractivity contribution in [2.75, 3.05) is 11.9 Å². The smallest absolute Gasteiger partial charge is 0.256 e. The minimum atomic E-state index is -0.298. The second-order valence-electron chi connectivity index (χ2n) is 5.73. The van der Waals surface area contributed by atoms with Gasteiger partial charge in [-0.3, -0.25) is 9.59 Å². The van der Waals surface area contributed by atoms with E-state index in [1.54, 1.807) is 28.9 Å². The third-order valence-electron chi connectivity index (χ3n) is 3.82. The Balaban J connectivity index is 1.97. The number of amides is 2. The van der Waals surface area contributed by atoms with Crippen molar-refractivity contribution in [1.82, 2.24) is 15.1 Å². The number of hydrogen-bond donors (Lipinski definition) is 2. The summed E-state index contributed by atoms with van der Waals surface area (Å²) in [4.78, 5) is 25.1. The quantitative estimate of drug-likeness (QED) is 0.718. The van der Waals surface area contributed by atoms with Crippen LogP contribution >= 0.6 is 0 Å². The molecule has 0 atom stereocenters. The van der Waals surface area contributed by atoms with Gasteiger partial charge in [-0.25, -0.2) is 4.68 Å². The van der Waals surface area contributed by atoms with Gasteiger partial charge >= 0.3 is 0 Å². The molecule has 0 fully saturated rings. The molecule has 2 N–H and O–H groups in total. The van der Waals surface area contributed by atoms with E-state index in [0.717, 1.165) is 12.1 Å². The summed E-state index contributed by atoms with van der Waals surface area (Å²) in [6, 6.07) is 18.2. The fourth-order valence-electron chi connectivity index (χ4n) is 2.50. The van der Waals surface area contributed by atoms with E-state index in [4.69, 9.17) is 0 Å². The number of anilines is 1. The highest BCUT2D eigenvalue weighted by Gasteiger charge is 2.20. The Morgan fingerprint density at radius 3 is 2.27 bits per heavy atom. The number of para-hydroxylation sites is 1. The molecule has 6 nitrogen and oxygen atoms in total. The molecule has 0 radical (unpaired) electrons. The number of aromatic nitrogens is 2. The van der Waals surface area contributed by atoms with Crippen LogP contribution in [0.5, 0.6) is 0 Å². The molecule has 0 aliphatic heterocycles. The number of hydrogen-bond acceptors (Lipinski definition) is 3. The van der Waals surface area contributed by atoms with Crippen molar-refractivity contribution >= 4 is 17.6 Å². The monoisotopic (exact) mass is 348 g/mol. The molecule has 0 saturated heterocycles. The molecule has 6 heteroatoms. The first-order valence-corrected chi connectivity index (χ1v) is 8.48. The van der Waals surface area contributed by atoms with Crippen LogP contribution in [-0.4, -0.2) is 28.1 Å². The number of nitrogens with one attached hydrogen (secondary N) is 2. The number of carbonyl (C=O) groups is 2. The summed E-state index contributed by atoms with van der Waals surface area (Å²) in [7, 11) is 0. The van der Waals surface area contributed by atoms with Crippen LogP contribution in [0.1, 0.15) is 34.1 Å². The van der Waals surface area contributed by atoms with Gasteiger partial charge in [0.2, 0.25) is 0 Å². The van der Waals surface area contributed by atoms with Crippen molar-refractivity contribution in [3.05, 3.63) is 78.0 Å². The minimum Gasteiger partial charge on any atom is -0.352 e. The van der Waals surface area contributed by atoms with Crippen LogP contribution in [0, 0.1) is 0 Å². The SMILES string of the molecule is CCCNC(=O)c1cnn(-c2ccccc2)c1NC(=O)c1ccccc1. The first kappa shape index (κ1) is 17.4. The first-order valence-electron chi connectivity index (χ1n) is 8.48. The number of rotatable bonds is 6. The highest BCUT2D eigenvalue weighted by Crippen LogP contribution is 2.21. The van der Waals surface area contributed by atoms with Gasteiger partial charge < -0.3 is 10.6 Å². The van der Waals surface area contributed by atoms with Gasteiger partial charge in [-0.2, -0.15) is 5.10 Å². The lowest BCUT2D eigenvalue weighted by molar-refractivity contribution is 0.0954. The summed E-state index contributed by atoms with van der Waals surface area (Å²) in [6.45, 7) is 2.53. The van der Waals surface area contributed by atoms with Gasteiger partial charge in [-0.15, -0.1) is 0 Å². The van der Waals surface area contributed by atoms with E-state index in [9.17, 15) is 9.59 Å². The van der Waals surface area contributed by atoms with E-state index in [1.165, 1.54) is 6.20 Å². The van der Waals surface area contributed by atoms with Gasteiger partial charge in [-0.05, 0) is 30.7 Å². The zero-order chi connectivity index (χ0) is 18.4. The molecule has 3 aromatic rings. The van der Waals surface area contributed by atoms with Crippen LogP contribution in [0.3, 0.4) is 0 Å². The Kier molecular flexibility index (Phi) is 5.43. The van der Waals surface area contributed by atoms with E-state index in [2.05, 4.69) is 15.7 Å². The van der Waals surface area contributed by atoms with Gasteiger partial charge in [0.05, 0.1) is 11.9 Å². The predicted molar refractivity (Wildman–Crippen MR) is 101 cm³/mol. The third kappa shape index (κ3) is 3.80. The Hall–Kier alpha value is -3.41. The minimum absolute atomic E-state index is 0.266. The van der Waals surface area contributed by atoms with Gasteiger partial charge in [0.1, 0.15) is 11.4 Å². The van der Waals surface area contributed by atoms with Crippen molar-refractivity contribution in [3.63, 3.8) is 0 Å². The molecule has 1 aromatic heterocycles. The molecule has 0 bridgehead atoms. The maximum atomic E-state index is 12.6. The van der Waals surface area contributed by atoms with E-state index in [0.29, 0.717) is 23.5 Å². The summed E-state index contributed by atoms with van der Waals surface area (Å²) in [6.07, 6.45) is 2.29. The molecule has 1 heterocycles. The Labute approximate surface area is 151 Å². The van der Waals surface area contributed by atoms with Gasteiger partial charge in [0.15, 0.2) is 0 Å². The number of nitrogens with zero attached hydrogens (tertiary/aromatic N) is 2. The number of benzene rings is 2. The average Bonchev–Trinajstić information content (AvgIpc) is 3.11. The Bertz CT molecular complexity index is 889. The van der Waals surface area contributed by atoms with Crippen molar-refractivity contribution in [3.8, 4) is 5.69 Å². The van der Waals surface area contributed by atoms with Crippen molar-refractivity contribution in [2.45, 2.75) is 13.3 Å². The highest BCUT2D eigenvalue weighted by molar-refractivity contribution is 6.08. The van der Waals surface area contributed by atoms with Crippen LogP contribution in [0.25, 0.3) is 5.69 Å². The van der Waals surface area contributed by atoms with Crippen molar-refractivity contribution in [2.24, 2.45) is 0 Å². The highest BCUT2D eigenvalue weighted by atomic mass is 16.2. The maximum Gasteiger partial charge on any atom is 0.256 e. The van der Waals surface area contributed by atoms with E-state index in [1.807, 2.05) is 43.3 Å². The van der Waals surface area contributed by atoms with E-state index >= 15 is 0 Å². The van der Waals surface area contributed by atoms with E-state index < -0.39 is 0 Å². The van der Waals surface area contributed by atoms with Crippen LogP contribution in [0.4, 0.5) is 5.82 Å². The van der Waals surface area contributed by atoms with Crippen LogP contribution in [0.15, 0.2) is 66.9 Å². The van der Waals surface area contributed by atoms with Gasteiger partial charge in [-0.1, -0.05) is 43.3 Å². The molecule has 0 aliphatic carbocycles. The standard InChI is InChI=1S/C20H20N4O2/c1-2-13-21-20(26)17-14-22-24(16-11-7-4-8-12-16)18(17)23-19(25)15-9-5-3-6-10-15/h3-12,14H,2,13H2,1H3,(H,21,26)(H,23,25). The van der Waals surface area contributed by atoms with Gasteiger partial charge in [0, 0.05) is 12.1 Å². The second kappa shape index (κ2) is 8.11. The lowest BCUT2D eigenvalue weighted by Gasteiger charge is -2.11. The van der Waals surface area contributed by atoms with Crippen molar-refractivity contribution in [1.29, 1.82) is 0 Å². The third-order valence-corrected chi connectivity index (χ3v) is 3.82. The summed E-state index contributed by atoms with van der Waals surface area (Å²) >= 11 is 0. The topological polar surface area (TPSA) is 76.0 Å². The Morgan fingerprint density at radius 1 is 0.962 bits per heavy atom. The summed E-state index contributed by atoms with van der Waals surface area (Å²) in [5.74, 6) is -0.219. The first-order chi connectivity index (χ1) is 12.7. The van der Waals surface area contributed by atoms with Crippen molar-refractivity contribution < 1.29 is 9.59 Å². The fraction of sp³-hybridized carbons (Fsp3) is 0.150. The maximum absolute atomic E-state index is 12.6. The molecule has 3 rings (SSSR count). The van der Waals surface area contributed by atoms with Crippen LogP contribution in [-0.2, 0) is 0 Å². The number of carbonyl (C=O) groups excluding carboxylic acids is 2. The molecule has 26 heavy (non-hydrogen) atoms. The molecule has 2 aromatic carbocycles. The molecule has 132 valence electrons. The molecule has 0 spiro atoms. The fourth-order valence-corrected chi connectivity index (χ4v) is 2.50. The van der Waals surface area contributed by atoms with Crippen LogP contribution in [0.2, 0.25) is 0 Å². The molecule has 0 unspecified atom stereocenters. The summed E-state index contributed by atoms with van der Waals surface area (Å²) in [5, 5.41) is 9.96. The Morgan fingerprint density at radius 2 is 1.62 bits per heavy atom. The lowest BCUT2D eigenvalue weighted by atomic mass is 10.2. The molecule has 0 saturated carbocycles. The average molecular weight is 348 g/mol. The van der Waals surface area contributed by atoms with E-state index in [-0.39, 0.29) is 11.8 Å². The predicted octanol–water partition coefficient (Wildman–Crippen LogP) is 3.26. The van der Waals surface area contributed by atoms with Crippen LogP contribution < -0.4 is 10.6 Å². The zero-order valence-electron chi connectivity index (χ0n) is 14.5. The summed E-state index contributed by atoms with van der Waals surface area (Å²) < 4.78 is 1.56. The molecular weight excluding hydrogens is 328 g/mol.